The van der Waals surface area contributed by atoms with Gasteiger partial charge in [-0.25, -0.2) is 0 Å². The Labute approximate surface area is 147 Å². The Morgan fingerprint density at radius 2 is 2.16 bits per heavy atom. The van der Waals surface area contributed by atoms with Gasteiger partial charge >= 0.3 is 0 Å². The summed E-state index contributed by atoms with van der Waals surface area (Å²) >= 11 is 0. The van der Waals surface area contributed by atoms with Gasteiger partial charge < -0.3 is 29.0 Å². The van der Waals surface area contributed by atoms with Crippen LogP contribution in [0.15, 0.2) is 41.5 Å². The lowest BCUT2D eigenvalue weighted by Crippen LogP contribution is -2.40. The van der Waals surface area contributed by atoms with Crippen LogP contribution in [0.2, 0.25) is 0 Å². The summed E-state index contributed by atoms with van der Waals surface area (Å²) in [4.78, 5) is 6.40. The molecule has 3 rings (SSSR count). The monoisotopic (exact) mass is 344 g/mol. The average Bonchev–Trinajstić information content (AvgIpc) is 3.23. The third-order valence-corrected chi connectivity index (χ3v) is 4.02. The van der Waals surface area contributed by atoms with Crippen LogP contribution in [0, 0.1) is 0 Å². The smallest absolute Gasteiger partial charge is 0.231 e. The molecule has 0 saturated heterocycles. The van der Waals surface area contributed by atoms with E-state index >= 15 is 0 Å². The van der Waals surface area contributed by atoms with Crippen LogP contribution >= 0.6 is 0 Å². The third kappa shape index (κ3) is 4.17. The van der Waals surface area contributed by atoms with E-state index in [4.69, 9.17) is 14.2 Å². The molecule has 0 bridgehead atoms. The number of guanidine groups is 1. The van der Waals surface area contributed by atoms with E-state index in [1.54, 1.807) is 7.05 Å². The molecule has 0 amide bonds. The van der Waals surface area contributed by atoms with Crippen LogP contribution in [-0.4, -0.2) is 49.5 Å². The summed E-state index contributed by atoms with van der Waals surface area (Å²) in [6.45, 7) is 2.23. The van der Waals surface area contributed by atoms with Crippen molar-refractivity contribution in [2.75, 3.05) is 34.0 Å². The van der Waals surface area contributed by atoms with Crippen LogP contribution in [0.25, 0.3) is 0 Å². The molecule has 1 aliphatic heterocycles. The summed E-state index contributed by atoms with van der Waals surface area (Å²) in [6.07, 6.45) is 2.04. The molecule has 0 atom stereocenters. The first-order valence-corrected chi connectivity index (χ1v) is 8.22. The fourth-order valence-corrected chi connectivity index (χ4v) is 2.66. The molecule has 0 saturated carbocycles. The van der Waals surface area contributed by atoms with Crippen molar-refractivity contribution < 1.29 is 14.2 Å². The molecule has 134 valence electrons. The van der Waals surface area contributed by atoms with Crippen molar-refractivity contribution in [2.24, 2.45) is 12.0 Å². The molecule has 7 nitrogen and oxygen atoms in total. The number of hydrogen-bond donors (Lipinski definition) is 1. The van der Waals surface area contributed by atoms with Crippen LogP contribution in [0.5, 0.6) is 17.2 Å². The topological polar surface area (TPSA) is 60.3 Å². The van der Waals surface area contributed by atoms with Crippen molar-refractivity contribution in [3.8, 4) is 17.2 Å². The first-order chi connectivity index (χ1) is 12.2. The van der Waals surface area contributed by atoms with Crippen LogP contribution in [-0.2, 0) is 13.6 Å². The first kappa shape index (κ1) is 17.0. The maximum atomic E-state index is 5.76. The fraction of sp³-hybridized carbons (Fsp3) is 0.389. The first-order valence-electron chi connectivity index (χ1n) is 8.22. The van der Waals surface area contributed by atoms with Crippen molar-refractivity contribution in [3.63, 3.8) is 0 Å². The molecule has 1 aromatic carbocycles. The molecule has 0 fully saturated rings. The molecule has 1 aromatic heterocycles. The number of nitrogens with zero attached hydrogens (tertiary/aromatic N) is 3. The predicted molar refractivity (Wildman–Crippen MR) is 96.3 cm³/mol. The van der Waals surface area contributed by atoms with Gasteiger partial charge in [0.05, 0.1) is 13.1 Å². The van der Waals surface area contributed by atoms with Gasteiger partial charge in [-0.3, -0.25) is 4.99 Å². The van der Waals surface area contributed by atoms with Crippen LogP contribution in [0.3, 0.4) is 0 Å². The summed E-state index contributed by atoms with van der Waals surface area (Å²) in [6, 6.07) is 9.73. The van der Waals surface area contributed by atoms with Gasteiger partial charge in [-0.1, -0.05) is 0 Å². The molecule has 0 spiro atoms. The molecule has 25 heavy (non-hydrogen) atoms. The van der Waals surface area contributed by atoms with Gasteiger partial charge in [0, 0.05) is 39.1 Å². The zero-order valence-corrected chi connectivity index (χ0v) is 14.9. The molecule has 0 radical (unpaired) electrons. The Morgan fingerprint density at radius 3 is 2.92 bits per heavy atom. The van der Waals surface area contributed by atoms with Crippen LogP contribution < -0.4 is 19.5 Å². The van der Waals surface area contributed by atoms with E-state index in [2.05, 4.69) is 25.8 Å². The zero-order valence-electron chi connectivity index (χ0n) is 14.9. The number of ether oxygens (including phenoxy) is 3. The van der Waals surface area contributed by atoms with E-state index in [0.29, 0.717) is 13.2 Å². The summed E-state index contributed by atoms with van der Waals surface area (Å²) in [5.41, 5.74) is 1.22. The van der Waals surface area contributed by atoms with Gasteiger partial charge in [0.15, 0.2) is 17.5 Å². The van der Waals surface area contributed by atoms with E-state index < -0.39 is 0 Å². The number of aromatic nitrogens is 1. The number of aliphatic imine (C=N–C) groups is 1. The number of hydrogen-bond acceptors (Lipinski definition) is 4. The summed E-state index contributed by atoms with van der Waals surface area (Å²) in [5, 5.41) is 3.31. The second kappa shape index (κ2) is 7.83. The predicted octanol–water partition coefficient (Wildman–Crippen LogP) is 1.84. The zero-order chi connectivity index (χ0) is 17.6. The molecular formula is C18H24N4O3. The number of fused-ring (bicyclic) bond motifs is 1. The van der Waals surface area contributed by atoms with Gasteiger partial charge in [0.2, 0.25) is 6.79 Å². The highest BCUT2D eigenvalue weighted by Crippen LogP contribution is 2.34. The Balaban J connectivity index is 1.44. The number of aryl methyl sites for hydroxylation is 1. The van der Waals surface area contributed by atoms with Crippen molar-refractivity contribution >= 4 is 5.96 Å². The molecule has 0 unspecified atom stereocenters. The standard InChI is InChI=1S/C18H24N4O3/c1-19-18(22(3)12-14-5-4-9-21(14)2)20-8-10-23-15-6-7-16-17(11-15)25-13-24-16/h4-7,9,11H,8,10,12-13H2,1-3H3,(H,19,20). The van der Waals surface area contributed by atoms with Crippen molar-refractivity contribution in [3.05, 3.63) is 42.2 Å². The Bertz CT molecular complexity index is 742. The second-order valence-corrected chi connectivity index (χ2v) is 5.80. The quantitative estimate of drug-likeness (QED) is 0.492. The maximum absolute atomic E-state index is 5.76. The Kier molecular flexibility index (Phi) is 5.33. The number of benzene rings is 1. The van der Waals surface area contributed by atoms with E-state index in [1.807, 2.05) is 44.6 Å². The van der Waals surface area contributed by atoms with Gasteiger partial charge in [0.25, 0.3) is 0 Å². The van der Waals surface area contributed by atoms with Gasteiger partial charge in [0.1, 0.15) is 12.4 Å². The largest absolute Gasteiger partial charge is 0.492 e. The molecule has 2 heterocycles. The molecule has 0 aliphatic carbocycles. The molecular weight excluding hydrogens is 320 g/mol. The lowest BCUT2D eigenvalue weighted by atomic mass is 10.3. The molecule has 1 N–H and O–H groups in total. The number of rotatable bonds is 6. The SMILES string of the molecule is CN=C(NCCOc1ccc2c(c1)OCO2)N(C)Cc1cccn1C. The number of nitrogens with one attached hydrogen (secondary N) is 1. The Morgan fingerprint density at radius 1 is 1.32 bits per heavy atom. The lowest BCUT2D eigenvalue weighted by Gasteiger charge is -2.22. The normalized spacial score (nSPS) is 13.0. The minimum atomic E-state index is 0.268. The lowest BCUT2D eigenvalue weighted by molar-refractivity contribution is 0.173. The van der Waals surface area contributed by atoms with E-state index in [9.17, 15) is 0 Å². The minimum Gasteiger partial charge on any atom is -0.492 e. The van der Waals surface area contributed by atoms with Gasteiger partial charge in [-0.2, -0.15) is 0 Å². The highest BCUT2D eigenvalue weighted by atomic mass is 16.7. The van der Waals surface area contributed by atoms with E-state index in [1.165, 1.54) is 5.69 Å². The third-order valence-electron chi connectivity index (χ3n) is 4.02. The second-order valence-electron chi connectivity index (χ2n) is 5.80. The molecule has 1 aliphatic rings. The van der Waals surface area contributed by atoms with Crippen LogP contribution in [0.4, 0.5) is 0 Å². The van der Waals surface area contributed by atoms with Crippen molar-refractivity contribution in [2.45, 2.75) is 6.54 Å². The summed E-state index contributed by atoms with van der Waals surface area (Å²) in [5.74, 6) is 3.07. The average molecular weight is 344 g/mol. The highest BCUT2D eigenvalue weighted by molar-refractivity contribution is 5.79. The van der Waals surface area contributed by atoms with Gasteiger partial charge in [-0.05, 0) is 24.3 Å². The summed E-state index contributed by atoms with van der Waals surface area (Å²) < 4.78 is 18.5. The minimum absolute atomic E-state index is 0.268. The Hall–Kier alpha value is -2.83. The highest BCUT2D eigenvalue weighted by Gasteiger charge is 2.13. The maximum Gasteiger partial charge on any atom is 0.231 e. The summed E-state index contributed by atoms with van der Waals surface area (Å²) in [7, 11) is 5.84. The fourth-order valence-electron chi connectivity index (χ4n) is 2.66. The molecule has 7 heteroatoms. The molecule has 2 aromatic rings. The van der Waals surface area contributed by atoms with E-state index in [0.717, 1.165) is 29.8 Å². The van der Waals surface area contributed by atoms with E-state index in [-0.39, 0.29) is 6.79 Å². The van der Waals surface area contributed by atoms with Crippen molar-refractivity contribution in [1.29, 1.82) is 0 Å². The van der Waals surface area contributed by atoms with Crippen LogP contribution in [0.1, 0.15) is 5.69 Å². The van der Waals surface area contributed by atoms with Gasteiger partial charge in [-0.15, -0.1) is 0 Å². The van der Waals surface area contributed by atoms with Crippen molar-refractivity contribution in [1.82, 2.24) is 14.8 Å².